The van der Waals surface area contributed by atoms with Crippen molar-refractivity contribution in [2.45, 2.75) is 97.7 Å². The molecule has 2 aliphatic rings. The van der Waals surface area contributed by atoms with E-state index in [1.54, 1.807) is 49.9 Å². The molecule has 228 valence electrons. The van der Waals surface area contributed by atoms with Gasteiger partial charge >= 0.3 is 18.4 Å². The summed E-state index contributed by atoms with van der Waals surface area (Å²) in [6.07, 6.45) is -1.70. The van der Waals surface area contributed by atoms with Crippen LogP contribution in [0, 0.1) is 11.3 Å². The Balaban J connectivity index is 1.62. The second-order valence-electron chi connectivity index (χ2n) is 13.4. The molecule has 42 heavy (non-hydrogen) atoms. The molecule has 1 aliphatic heterocycles. The molecular formula is C32H39F3N2O5. The topological polar surface area (TPSA) is 76.2 Å². The molecule has 0 atom stereocenters. The van der Waals surface area contributed by atoms with E-state index in [2.05, 4.69) is 25.5 Å². The van der Waals surface area contributed by atoms with Crippen LogP contribution in [-0.4, -0.2) is 40.3 Å². The third-order valence-corrected chi connectivity index (χ3v) is 8.12. The van der Waals surface area contributed by atoms with Crippen LogP contribution in [0.3, 0.4) is 0 Å². The minimum atomic E-state index is -4.85. The molecule has 0 aromatic heterocycles. The molecule has 0 radical (unpaired) electrons. The molecule has 1 saturated heterocycles. The number of benzene rings is 2. The van der Waals surface area contributed by atoms with E-state index in [0.717, 1.165) is 35.4 Å². The lowest BCUT2D eigenvalue weighted by molar-refractivity contribution is -0.274. The molecule has 1 aliphatic carbocycles. The quantitative estimate of drug-likeness (QED) is 0.332. The normalized spacial score (nSPS) is 22.0. The highest BCUT2D eigenvalue weighted by atomic mass is 19.4. The van der Waals surface area contributed by atoms with E-state index in [-0.39, 0.29) is 24.1 Å². The largest absolute Gasteiger partial charge is 0.573 e. The number of alkyl halides is 3. The first kappa shape index (κ1) is 31.4. The summed E-state index contributed by atoms with van der Waals surface area (Å²) in [6.45, 7) is 12.2. The average Bonchev–Trinajstić information content (AvgIpc) is 2.86. The van der Waals surface area contributed by atoms with Crippen molar-refractivity contribution in [3.8, 4) is 5.75 Å². The molecule has 10 heteroatoms. The molecular weight excluding hydrogens is 549 g/mol. The van der Waals surface area contributed by atoms with Crippen LogP contribution in [0.15, 0.2) is 48.5 Å². The van der Waals surface area contributed by atoms with E-state index in [9.17, 15) is 27.6 Å². The first-order valence-electron chi connectivity index (χ1n) is 14.2. The van der Waals surface area contributed by atoms with Crippen LogP contribution in [0.1, 0.15) is 89.6 Å². The number of imide groups is 1. The fourth-order valence-electron chi connectivity index (χ4n) is 5.91. The van der Waals surface area contributed by atoms with Gasteiger partial charge in [0, 0.05) is 6.54 Å². The molecule has 4 rings (SSSR count). The zero-order valence-corrected chi connectivity index (χ0v) is 25.0. The van der Waals surface area contributed by atoms with Gasteiger partial charge in [-0.05, 0) is 99.7 Å². The molecule has 2 fully saturated rings. The summed E-state index contributed by atoms with van der Waals surface area (Å²) in [5, 5.41) is 0. The van der Waals surface area contributed by atoms with Crippen LogP contribution in [-0.2, 0) is 16.1 Å². The Labute approximate surface area is 245 Å². The van der Waals surface area contributed by atoms with E-state index >= 15 is 0 Å². The number of carbonyl (C=O) groups is 3. The predicted octanol–water partition coefficient (Wildman–Crippen LogP) is 7.87. The molecule has 2 aromatic rings. The first-order chi connectivity index (χ1) is 19.4. The number of hydrogen-bond donors (Lipinski definition) is 0. The van der Waals surface area contributed by atoms with Gasteiger partial charge in [0.2, 0.25) is 5.91 Å². The zero-order valence-electron chi connectivity index (χ0n) is 25.0. The molecule has 2 aromatic carbocycles. The zero-order chi connectivity index (χ0) is 31.1. The van der Waals surface area contributed by atoms with E-state index in [4.69, 9.17) is 4.74 Å². The Bertz CT molecular complexity index is 1300. The Kier molecular flexibility index (Phi) is 8.41. The second kappa shape index (κ2) is 11.3. The van der Waals surface area contributed by atoms with Crippen LogP contribution in [0.25, 0.3) is 0 Å². The molecule has 0 bridgehead atoms. The summed E-state index contributed by atoms with van der Waals surface area (Å²) in [4.78, 5) is 42.9. The minimum absolute atomic E-state index is 0.0961. The van der Waals surface area contributed by atoms with Crippen LogP contribution in [0.2, 0.25) is 0 Å². The molecule has 0 unspecified atom stereocenters. The standard InChI is InChI=1S/C32H39F3N2O5/c1-29(2,3)23-15-17-31(18-16-23)19-26(38)37(24-11-13-25(14-12-24)41-32(33,34)35)28(40)36(31)20-21-7-9-22(10-8-21)27(39)42-30(4,5)6/h7-14,23H,15-20H2,1-6H3. The lowest BCUT2D eigenvalue weighted by Crippen LogP contribution is -2.64. The SMILES string of the molecule is CC(C)(C)OC(=O)c1ccc(CN2C(=O)N(c3ccc(OC(F)(F)F)cc3)C(=O)CC23CCC(C(C)(C)C)CC3)cc1. The average molecular weight is 589 g/mol. The van der Waals surface area contributed by atoms with Crippen LogP contribution in [0.4, 0.5) is 23.7 Å². The molecule has 3 amide bonds. The summed E-state index contributed by atoms with van der Waals surface area (Å²) >= 11 is 0. The monoisotopic (exact) mass is 588 g/mol. The van der Waals surface area contributed by atoms with Gasteiger partial charge in [-0.2, -0.15) is 0 Å². The summed E-state index contributed by atoms with van der Waals surface area (Å²) in [6, 6.07) is 11.0. The van der Waals surface area contributed by atoms with Gasteiger partial charge in [-0.1, -0.05) is 32.9 Å². The number of halogens is 3. The number of urea groups is 1. The van der Waals surface area contributed by atoms with Gasteiger partial charge in [-0.25, -0.2) is 14.5 Å². The number of hydrogen-bond acceptors (Lipinski definition) is 5. The van der Waals surface area contributed by atoms with Crippen LogP contribution < -0.4 is 9.64 Å². The van der Waals surface area contributed by atoms with E-state index in [1.807, 2.05) is 0 Å². The van der Waals surface area contributed by atoms with Gasteiger partial charge in [0.05, 0.1) is 23.2 Å². The molecule has 1 spiro atoms. The van der Waals surface area contributed by atoms with Gasteiger partial charge in [0.1, 0.15) is 11.4 Å². The highest BCUT2D eigenvalue weighted by molar-refractivity contribution is 6.16. The summed E-state index contributed by atoms with van der Waals surface area (Å²) in [5.41, 5.74) is 0.103. The summed E-state index contributed by atoms with van der Waals surface area (Å²) in [7, 11) is 0. The van der Waals surface area contributed by atoms with Crippen molar-refractivity contribution in [2.75, 3.05) is 4.90 Å². The fourth-order valence-corrected chi connectivity index (χ4v) is 5.91. The smallest absolute Gasteiger partial charge is 0.456 e. The third kappa shape index (κ3) is 7.25. The highest BCUT2D eigenvalue weighted by Crippen LogP contribution is 2.48. The third-order valence-electron chi connectivity index (χ3n) is 8.12. The minimum Gasteiger partial charge on any atom is -0.456 e. The van der Waals surface area contributed by atoms with Crippen molar-refractivity contribution < 1.29 is 37.0 Å². The van der Waals surface area contributed by atoms with Crippen molar-refractivity contribution in [3.05, 3.63) is 59.7 Å². The van der Waals surface area contributed by atoms with E-state index in [1.165, 1.54) is 12.1 Å². The van der Waals surface area contributed by atoms with Crippen molar-refractivity contribution in [3.63, 3.8) is 0 Å². The van der Waals surface area contributed by atoms with E-state index in [0.29, 0.717) is 24.3 Å². The van der Waals surface area contributed by atoms with Crippen molar-refractivity contribution in [1.82, 2.24) is 4.90 Å². The van der Waals surface area contributed by atoms with Gasteiger partial charge in [-0.3, -0.25) is 4.79 Å². The number of nitrogens with zero attached hydrogens (tertiary/aromatic N) is 2. The molecule has 7 nitrogen and oxygen atoms in total. The number of amides is 3. The lowest BCUT2D eigenvalue weighted by atomic mass is 9.65. The predicted molar refractivity (Wildman–Crippen MR) is 152 cm³/mol. The number of rotatable bonds is 5. The summed E-state index contributed by atoms with van der Waals surface area (Å²) in [5.74, 6) is -0.838. The molecule has 0 N–H and O–H groups in total. The number of anilines is 1. The Morgan fingerprint density at radius 3 is 1.98 bits per heavy atom. The van der Waals surface area contributed by atoms with Gasteiger partial charge < -0.3 is 14.4 Å². The Hall–Kier alpha value is -3.56. The maximum absolute atomic E-state index is 14.1. The Morgan fingerprint density at radius 1 is 0.905 bits per heavy atom. The van der Waals surface area contributed by atoms with Gasteiger partial charge in [-0.15, -0.1) is 13.2 Å². The van der Waals surface area contributed by atoms with Crippen molar-refractivity contribution in [2.24, 2.45) is 11.3 Å². The van der Waals surface area contributed by atoms with Crippen LogP contribution >= 0.6 is 0 Å². The number of carbonyl (C=O) groups excluding carboxylic acids is 3. The first-order valence-corrected chi connectivity index (χ1v) is 14.2. The maximum atomic E-state index is 14.1. The van der Waals surface area contributed by atoms with Gasteiger partial charge in [0.15, 0.2) is 0 Å². The Morgan fingerprint density at radius 2 is 1.48 bits per heavy atom. The van der Waals surface area contributed by atoms with Crippen LogP contribution in [0.5, 0.6) is 5.75 Å². The second-order valence-corrected chi connectivity index (χ2v) is 13.4. The number of ether oxygens (including phenoxy) is 2. The van der Waals surface area contributed by atoms with E-state index < -0.39 is 41.2 Å². The van der Waals surface area contributed by atoms with Gasteiger partial charge in [0.25, 0.3) is 0 Å². The summed E-state index contributed by atoms with van der Waals surface area (Å²) < 4.78 is 47.3. The molecule has 1 saturated carbocycles. The maximum Gasteiger partial charge on any atom is 0.573 e. The van der Waals surface area contributed by atoms with Crippen molar-refractivity contribution >= 4 is 23.6 Å². The highest BCUT2D eigenvalue weighted by Gasteiger charge is 2.52. The van der Waals surface area contributed by atoms with Crippen molar-refractivity contribution in [1.29, 1.82) is 0 Å². The number of esters is 1. The molecule has 1 heterocycles. The lowest BCUT2D eigenvalue weighted by Gasteiger charge is -2.53. The fraction of sp³-hybridized carbons (Fsp3) is 0.531.